The SMILES string of the molecule is Clc1cnn(CCCNC2CCSC2)c1.O=CO. The third-order valence-corrected chi connectivity index (χ3v) is 3.89. The van der Waals surface area contributed by atoms with Gasteiger partial charge in [0, 0.05) is 24.5 Å². The number of rotatable bonds is 5. The maximum Gasteiger partial charge on any atom is 0.290 e. The maximum atomic E-state index is 8.36. The molecule has 0 spiro atoms. The van der Waals surface area contributed by atoms with Gasteiger partial charge in [-0.3, -0.25) is 9.48 Å². The Balaban J connectivity index is 0.000000492. The van der Waals surface area contributed by atoms with Gasteiger partial charge in [0.25, 0.3) is 6.47 Å². The van der Waals surface area contributed by atoms with Crippen LogP contribution in [-0.2, 0) is 11.3 Å². The summed E-state index contributed by atoms with van der Waals surface area (Å²) in [5.74, 6) is 2.58. The number of hydrogen-bond acceptors (Lipinski definition) is 4. The summed E-state index contributed by atoms with van der Waals surface area (Å²) in [6, 6.07) is 0.733. The average Bonchev–Trinajstić information content (AvgIpc) is 2.97. The van der Waals surface area contributed by atoms with Crippen LogP contribution in [0.25, 0.3) is 0 Å². The topological polar surface area (TPSA) is 67.2 Å². The summed E-state index contributed by atoms with van der Waals surface area (Å²) in [7, 11) is 0. The van der Waals surface area contributed by atoms with Gasteiger partial charge < -0.3 is 10.4 Å². The van der Waals surface area contributed by atoms with Gasteiger partial charge in [-0.05, 0) is 25.1 Å². The number of nitrogens with one attached hydrogen (secondary N) is 1. The van der Waals surface area contributed by atoms with Gasteiger partial charge in [-0.15, -0.1) is 0 Å². The van der Waals surface area contributed by atoms with Gasteiger partial charge in [0.05, 0.1) is 11.2 Å². The molecule has 2 rings (SSSR count). The fourth-order valence-electron chi connectivity index (χ4n) is 1.70. The van der Waals surface area contributed by atoms with Crippen LogP contribution >= 0.6 is 23.4 Å². The lowest BCUT2D eigenvalue weighted by Crippen LogP contribution is -2.30. The third-order valence-electron chi connectivity index (χ3n) is 2.53. The molecule has 2 N–H and O–H groups in total. The molecular weight excluding hydrogens is 274 g/mol. The molecule has 1 atom stereocenters. The third kappa shape index (κ3) is 6.28. The van der Waals surface area contributed by atoms with Crippen LogP contribution < -0.4 is 5.32 Å². The number of thioether (sulfide) groups is 1. The minimum absolute atomic E-state index is 0.250. The van der Waals surface area contributed by atoms with Gasteiger partial charge >= 0.3 is 0 Å². The van der Waals surface area contributed by atoms with Crippen LogP contribution in [0.2, 0.25) is 5.02 Å². The van der Waals surface area contributed by atoms with Crippen molar-refractivity contribution in [3.8, 4) is 0 Å². The monoisotopic (exact) mass is 291 g/mol. The molecule has 1 fully saturated rings. The number of aryl methyl sites for hydroxylation is 1. The molecule has 0 saturated carbocycles. The van der Waals surface area contributed by atoms with Crippen LogP contribution in [-0.4, -0.2) is 45.5 Å². The van der Waals surface area contributed by atoms with Crippen LogP contribution in [0.5, 0.6) is 0 Å². The molecule has 102 valence electrons. The normalized spacial score (nSPS) is 18.2. The zero-order valence-electron chi connectivity index (χ0n) is 10.1. The Morgan fingerprint density at radius 3 is 3.06 bits per heavy atom. The lowest BCUT2D eigenvalue weighted by atomic mass is 10.2. The summed E-state index contributed by atoms with van der Waals surface area (Å²) in [6.45, 7) is 1.77. The van der Waals surface area contributed by atoms with Gasteiger partial charge in [0.15, 0.2) is 0 Å². The molecule has 0 aliphatic carbocycles. The van der Waals surface area contributed by atoms with Gasteiger partial charge in [-0.2, -0.15) is 16.9 Å². The molecule has 0 aromatic carbocycles. The minimum atomic E-state index is -0.250. The van der Waals surface area contributed by atoms with Crippen molar-refractivity contribution in [2.45, 2.75) is 25.4 Å². The molecule has 1 aliphatic rings. The zero-order chi connectivity index (χ0) is 13.2. The number of carbonyl (C=O) groups is 1. The molecule has 1 aromatic rings. The second-order valence-corrected chi connectivity index (χ2v) is 5.48. The van der Waals surface area contributed by atoms with Crippen LogP contribution in [0.1, 0.15) is 12.8 Å². The Hall–Kier alpha value is -0.720. The molecule has 1 aromatic heterocycles. The Bertz CT molecular complexity index is 343. The lowest BCUT2D eigenvalue weighted by Gasteiger charge is -2.10. The number of aromatic nitrogens is 2. The first-order chi connectivity index (χ1) is 8.76. The van der Waals surface area contributed by atoms with Crippen LogP contribution in [0.4, 0.5) is 0 Å². The first-order valence-electron chi connectivity index (χ1n) is 5.83. The van der Waals surface area contributed by atoms with Crippen LogP contribution in [0.3, 0.4) is 0 Å². The van der Waals surface area contributed by atoms with E-state index in [1.54, 1.807) is 6.20 Å². The van der Waals surface area contributed by atoms with E-state index in [0.29, 0.717) is 0 Å². The predicted octanol–water partition coefficient (Wildman–Crippen LogP) is 1.72. The van der Waals surface area contributed by atoms with Gasteiger partial charge in [0.1, 0.15) is 0 Å². The summed E-state index contributed by atoms with van der Waals surface area (Å²) in [5.41, 5.74) is 0. The van der Waals surface area contributed by atoms with Crippen molar-refractivity contribution in [2.75, 3.05) is 18.1 Å². The quantitative estimate of drug-likeness (QED) is 0.639. The fourth-order valence-corrected chi connectivity index (χ4v) is 3.05. The van der Waals surface area contributed by atoms with E-state index in [1.165, 1.54) is 17.9 Å². The lowest BCUT2D eigenvalue weighted by molar-refractivity contribution is -0.122. The highest BCUT2D eigenvalue weighted by Crippen LogP contribution is 2.16. The largest absolute Gasteiger partial charge is 0.483 e. The molecule has 1 aliphatic heterocycles. The van der Waals surface area contributed by atoms with Gasteiger partial charge in [0.2, 0.25) is 0 Å². The number of hydrogen-bond donors (Lipinski definition) is 2. The Morgan fingerprint density at radius 1 is 1.72 bits per heavy atom. The minimum Gasteiger partial charge on any atom is -0.483 e. The number of carboxylic acid groups (broad SMARTS) is 1. The van der Waals surface area contributed by atoms with Crippen molar-refractivity contribution in [3.05, 3.63) is 17.4 Å². The summed E-state index contributed by atoms with van der Waals surface area (Å²) in [5, 5.41) is 15.3. The molecule has 2 heterocycles. The van der Waals surface area contributed by atoms with E-state index in [0.717, 1.165) is 30.6 Å². The number of halogens is 1. The number of nitrogens with zero attached hydrogens (tertiary/aromatic N) is 2. The highest BCUT2D eigenvalue weighted by Gasteiger charge is 2.13. The zero-order valence-corrected chi connectivity index (χ0v) is 11.7. The molecule has 1 unspecified atom stereocenters. The maximum absolute atomic E-state index is 8.36. The second-order valence-electron chi connectivity index (χ2n) is 3.90. The molecule has 0 bridgehead atoms. The summed E-state index contributed by atoms with van der Waals surface area (Å²) >= 11 is 7.82. The first-order valence-corrected chi connectivity index (χ1v) is 7.36. The molecular formula is C11H18ClN3O2S. The second kappa shape index (κ2) is 9.24. The molecule has 0 amide bonds. The van der Waals surface area contributed by atoms with Crippen molar-refractivity contribution in [2.24, 2.45) is 0 Å². The Kier molecular flexibility index (Phi) is 7.88. The van der Waals surface area contributed by atoms with Crippen molar-refractivity contribution >= 4 is 29.8 Å². The molecule has 5 nitrogen and oxygen atoms in total. The van der Waals surface area contributed by atoms with Crippen molar-refractivity contribution in [1.82, 2.24) is 15.1 Å². The Morgan fingerprint density at radius 2 is 2.50 bits per heavy atom. The van der Waals surface area contributed by atoms with E-state index >= 15 is 0 Å². The molecule has 0 radical (unpaired) electrons. The predicted molar refractivity (Wildman–Crippen MR) is 74.3 cm³/mol. The smallest absolute Gasteiger partial charge is 0.290 e. The van der Waals surface area contributed by atoms with Crippen molar-refractivity contribution in [3.63, 3.8) is 0 Å². The van der Waals surface area contributed by atoms with E-state index in [-0.39, 0.29) is 6.47 Å². The van der Waals surface area contributed by atoms with E-state index < -0.39 is 0 Å². The van der Waals surface area contributed by atoms with Gasteiger partial charge in [-0.1, -0.05) is 11.6 Å². The summed E-state index contributed by atoms with van der Waals surface area (Å²) < 4.78 is 1.90. The summed E-state index contributed by atoms with van der Waals surface area (Å²) in [4.78, 5) is 8.36. The summed E-state index contributed by atoms with van der Waals surface area (Å²) in [6.07, 6.45) is 5.98. The van der Waals surface area contributed by atoms with E-state index in [4.69, 9.17) is 21.5 Å². The molecule has 1 saturated heterocycles. The van der Waals surface area contributed by atoms with E-state index in [1.807, 2.05) is 22.6 Å². The van der Waals surface area contributed by atoms with Crippen molar-refractivity contribution < 1.29 is 9.90 Å². The average molecular weight is 292 g/mol. The Labute approximate surface area is 116 Å². The van der Waals surface area contributed by atoms with Gasteiger partial charge in [-0.25, -0.2) is 0 Å². The highest BCUT2D eigenvalue weighted by molar-refractivity contribution is 7.99. The standard InChI is InChI=1S/C10H16ClN3S.CH2O2/c11-9-6-13-14(7-9)4-1-3-12-10-2-5-15-8-10;2-1-3/h6-7,10,12H,1-5,8H2;1H,(H,2,3). The van der Waals surface area contributed by atoms with Crippen LogP contribution in [0, 0.1) is 0 Å². The van der Waals surface area contributed by atoms with Crippen molar-refractivity contribution in [1.29, 1.82) is 0 Å². The first kappa shape index (κ1) is 15.3. The molecule has 7 heteroatoms. The van der Waals surface area contributed by atoms with E-state index in [9.17, 15) is 0 Å². The molecule has 18 heavy (non-hydrogen) atoms. The van der Waals surface area contributed by atoms with Crippen LogP contribution in [0.15, 0.2) is 12.4 Å². The fraction of sp³-hybridized carbons (Fsp3) is 0.636. The highest BCUT2D eigenvalue weighted by atomic mass is 35.5. The van der Waals surface area contributed by atoms with E-state index in [2.05, 4.69) is 10.4 Å².